The first-order valence-electron chi connectivity index (χ1n) is 7.67. The van der Waals surface area contributed by atoms with Crippen LogP contribution >= 0.6 is 0 Å². The molecule has 1 aromatic heterocycles. The Morgan fingerprint density at radius 1 is 1.15 bits per heavy atom. The maximum atomic E-state index is 13.3. The average Bonchev–Trinajstić information content (AvgIpc) is 3.09. The zero-order valence-electron chi connectivity index (χ0n) is 13.9. The summed E-state index contributed by atoms with van der Waals surface area (Å²) in [6.07, 6.45) is -4.73. The Balaban J connectivity index is 1.67. The van der Waals surface area contributed by atoms with Crippen LogP contribution in [0.15, 0.2) is 47.0 Å². The third-order valence-corrected chi connectivity index (χ3v) is 3.52. The van der Waals surface area contributed by atoms with Crippen LogP contribution in [0.3, 0.4) is 0 Å². The van der Waals surface area contributed by atoms with Crippen LogP contribution in [0.2, 0.25) is 0 Å². The van der Waals surface area contributed by atoms with Crippen molar-refractivity contribution in [1.82, 2.24) is 10.1 Å². The van der Waals surface area contributed by atoms with Crippen molar-refractivity contribution < 1.29 is 31.6 Å². The number of halogens is 4. The lowest BCUT2D eigenvalue weighted by Crippen LogP contribution is -2.11. The molecule has 1 heterocycles. The molecular formula is C18H12F4N2O3. The summed E-state index contributed by atoms with van der Waals surface area (Å²) in [4.78, 5) is 15.4. The van der Waals surface area contributed by atoms with Gasteiger partial charge < -0.3 is 9.26 Å². The molecule has 5 nitrogen and oxygen atoms in total. The standard InChI is InChI=1S/C18H12F4N2O3/c1-10-6-13(19)8-14(7-10)26-9-15(25)11-2-4-12(5-3-11)16-23-17(27-24-16)18(20,21)22/h2-8H,9H2,1H3. The zero-order valence-corrected chi connectivity index (χ0v) is 13.9. The minimum absolute atomic E-state index is 0.226. The minimum Gasteiger partial charge on any atom is -0.485 e. The molecule has 0 fully saturated rings. The lowest BCUT2D eigenvalue weighted by atomic mass is 10.1. The molecule has 0 saturated carbocycles. The second-order valence-corrected chi connectivity index (χ2v) is 5.67. The third kappa shape index (κ3) is 4.49. The molecule has 0 bridgehead atoms. The predicted molar refractivity (Wildman–Crippen MR) is 85.7 cm³/mol. The molecule has 140 valence electrons. The van der Waals surface area contributed by atoms with Gasteiger partial charge in [-0.1, -0.05) is 29.4 Å². The Kier molecular flexibility index (Phi) is 4.93. The first-order valence-corrected chi connectivity index (χ1v) is 7.67. The van der Waals surface area contributed by atoms with E-state index in [1.165, 1.54) is 30.3 Å². The Morgan fingerprint density at radius 3 is 2.44 bits per heavy atom. The van der Waals surface area contributed by atoms with E-state index in [0.29, 0.717) is 5.56 Å². The van der Waals surface area contributed by atoms with Crippen LogP contribution in [0, 0.1) is 12.7 Å². The smallest absolute Gasteiger partial charge is 0.471 e. The molecule has 0 spiro atoms. The number of nitrogens with zero attached hydrogens (tertiary/aromatic N) is 2. The van der Waals surface area contributed by atoms with Gasteiger partial charge in [0.15, 0.2) is 12.4 Å². The Labute approximate surface area is 150 Å². The number of rotatable bonds is 5. The van der Waals surface area contributed by atoms with Gasteiger partial charge in [0.25, 0.3) is 0 Å². The topological polar surface area (TPSA) is 65.2 Å². The van der Waals surface area contributed by atoms with Crippen molar-refractivity contribution in [2.75, 3.05) is 6.61 Å². The highest BCUT2D eigenvalue weighted by Gasteiger charge is 2.38. The lowest BCUT2D eigenvalue weighted by molar-refractivity contribution is -0.159. The van der Waals surface area contributed by atoms with E-state index in [1.807, 2.05) is 0 Å². The Morgan fingerprint density at radius 2 is 1.85 bits per heavy atom. The van der Waals surface area contributed by atoms with Gasteiger partial charge in [-0.2, -0.15) is 18.2 Å². The quantitative estimate of drug-likeness (QED) is 0.483. The van der Waals surface area contributed by atoms with E-state index < -0.39 is 17.9 Å². The van der Waals surface area contributed by atoms with Crippen LogP contribution in [0.25, 0.3) is 11.4 Å². The summed E-state index contributed by atoms with van der Waals surface area (Å²) >= 11 is 0. The summed E-state index contributed by atoms with van der Waals surface area (Å²) in [5.74, 6) is -2.32. The predicted octanol–water partition coefficient (Wildman–Crippen LogP) is 4.46. The van der Waals surface area contributed by atoms with Crippen LogP contribution < -0.4 is 4.74 Å². The number of carbonyl (C=O) groups excluding carboxylic acids is 1. The van der Waals surface area contributed by atoms with Gasteiger partial charge in [0.2, 0.25) is 5.82 Å². The third-order valence-electron chi connectivity index (χ3n) is 3.52. The van der Waals surface area contributed by atoms with Crippen LogP contribution in [0.4, 0.5) is 17.6 Å². The fraction of sp³-hybridized carbons (Fsp3) is 0.167. The van der Waals surface area contributed by atoms with Crippen LogP contribution in [-0.4, -0.2) is 22.5 Å². The maximum absolute atomic E-state index is 13.3. The molecule has 0 radical (unpaired) electrons. The van der Waals surface area contributed by atoms with Crippen LogP contribution in [0.1, 0.15) is 21.8 Å². The normalized spacial score (nSPS) is 11.4. The number of Topliss-reactive ketones (excluding diaryl/α,β-unsaturated/α-hetero) is 1. The summed E-state index contributed by atoms with van der Waals surface area (Å²) in [7, 11) is 0. The van der Waals surface area contributed by atoms with E-state index in [2.05, 4.69) is 14.7 Å². The fourth-order valence-corrected chi connectivity index (χ4v) is 2.28. The molecule has 0 aliphatic rings. The summed E-state index contributed by atoms with van der Waals surface area (Å²) < 4.78 is 60.2. The number of carbonyl (C=O) groups is 1. The fourth-order valence-electron chi connectivity index (χ4n) is 2.28. The molecule has 27 heavy (non-hydrogen) atoms. The van der Waals surface area contributed by atoms with Gasteiger partial charge in [-0.15, -0.1) is 0 Å². The number of hydrogen-bond acceptors (Lipinski definition) is 5. The number of alkyl halides is 3. The number of hydrogen-bond donors (Lipinski definition) is 0. The molecule has 0 N–H and O–H groups in total. The van der Waals surface area contributed by atoms with Gasteiger partial charge >= 0.3 is 12.1 Å². The number of ether oxygens (including phenoxy) is 1. The highest BCUT2D eigenvalue weighted by Crippen LogP contribution is 2.29. The molecule has 0 aliphatic carbocycles. The van der Waals surface area contributed by atoms with Crippen molar-refractivity contribution in [3.63, 3.8) is 0 Å². The molecule has 0 aliphatic heterocycles. The van der Waals surface area contributed by atoms with Crippen molar-refractivity contribution in [3.05, 3.63) is 65.3 Å². The van der Waals surface area contributed by atoms with E-state index in [0.717, 1.165) is 6.07 Å². The van der Waals surface area contributed by atoms with E-state index in [-0.39, 0.29) is 35.1 Å². The summed E-state index contributed by atoms with van der Waals surface area (Å²) in [5, 5.41) is 3.27. The molecule has 9 heteroatoms. The van der Waals surface area contributed by atoms with E-state index in [9.17, 15) is 22.4 Å². The summed E-state index contributed by atoms with van der Waals surface area (Å²) in [6.45, 7) is 1.38. The molecule has 0 saturated heterocycles. The molecule has 3 rings (SSSR count). The van der Waals surface area contributed by atoms with Gasteiger partial charge in [-0.25, -0.2) is 4.39 Å². The van der Waals surface area contributed by atoms with Crippen molar-refractivity contribution in [1.29, 1.82) is 0 Å². The SMILES string of the molecule is Cc1cc(F)cc(OCC(=O)c2ccc(-c3noc(C(F)(F)F)n3)cc2)c1. The zero-order chi connectivity index (χ0) is 19.6. The lowest BCUT2D eigenvalue weighted by Gasteiger charge is -2.07. The highest BCUT2D eigenvalue weighted by molar-refractivity contribution is 5.97. The minimum atomic E-state index is -4.73. The second-order valence-electron chi connectivity index (χ2n) is 5.67. The van der Waals surface area contributed by atoms with Crippen molar-refractivity contribution in [2.24, 2.45) is 0 Å². The van der Waals surface area contributed by atoms with E-state index in [1.54, 1.807) is 13.0 Å². The molecular weight excluding hydrogens is 368 g/mol. The van der Waals surface area contributed by atoms with Crippen LogP contribution in [0.5, 0.6) is 5.75 Å². The monoisotopic (exact) mass is 380 g/mol. The van der Waals surface area contributed by atoms with Gasteiger partial charge in [0, 0.05) is 17.2 Å². The molecule has 0 amide bonds. The van der Waals surface area contributed by atoms with E-state index >= 15 is 0 Å². The molecule has 3 aromatic rings. The van der Waals surface area contributed by atoms with Crippen molar-refractivity contribution in [3.8, 4) is 17.1 Å². The second kappa shape index (κ2) is 7.18. The van der Waals surface area contributed by atoms with Gasteiger partial charge in [0.1, 0.15) is 11.6 Å². The molecule has 0 atom stereocenters. The molecule has 0 unspecified atom stereocenters. The Bertz CT molecular complexity index is 945. The van der Waals surface area contributed by atoms with Gasteiger partial charge in [-0.3, -0.25) is 4.79 Å². The van der Waals surface area contributed by atoms with Crippen molar-refractivity contribution in [2.45, 2.75) is 13.1 Å². The average molecular weight is 380 g/mol. The molecule has 2 aromatic carbocycles. The Hall–Kier alpha value is -3.23. The van der Waals surface area contributed by atoms with Gasteiger partial charge in [-0.05, 0) is 24.6 Å². The summed E-state index contributed by atoms with van der Waals surface area (Å²) in [6, 6.07) is 9.68. The summed E-state index contributed by atoms with van der Waals surface area (Å²) in [5.41, 5.74) is 1.18. The number of benzene rings is 2. The van der Waals surface area contributed by atoms with Crippen LogP contribution in [-0.2, 0) is 6.18 Å². The maximum Gasteiger partial charge on any atom is 0.471 e. The number of aromatic nitrogens is 2. The van der Waals surface area contributed by atoms with Crippen molar-refractivity contribution >= 4 is 5.78 Å². The van der Waals surface area contributed by atoms with E-state index in [4.69, 9.17) is 4.74 Å². The number of aryl methyl sites for hydroxylation is 1. The van der Waals surface area contributed by atoms with Gasteiger partial charge in [0.05, 0.1) is 0 Å². The first-order chi connectivity index (χ1) is 12.7. The first kappa shape index (κ1) is 18.6. The largest absolute Gasteiger partial charge is 0.485 e. The number of ketones is 1. The highest BCUT2D eigenvalue weighted by atomic mass is 19.4.